The third kappa shape index (κ3) is 6.87. The molecule has 0 atom stereocenters. The average Bonchev–Trinajstić information content (AvgIpc) is 3.34. The molecule has 4 rings (SSSR count). The van der Waals surface area contributed by atoms with Crippen LogP contribution in [-0.2, 0) is 34.5 Å². The normalized spacial score (nSPS) is 11.4. The van der Waals surface area contributed by atoms with Crippen molar-refractivity contribution in [2.24, 2.45) is 7.05 Å². The van der Waals surface area contributed by atoms with Crippen molar-refractivity contribution in [3.05, 3.63) is 70.4 Å². The molecule has 0 unspecified atom stereocenters. The summed E-state index contributed by atoms with van der Waals surface area (Å²) in [4.78, 5) is 22.8. The van der Waals surface area contributed by atoms with Crippen LogP contribution in [0.2, 0.25) is 5.02 Å². The molecule has 2 aromatic carbocycles. The number of ether oxygens (including phenoxy) is 3. The fraction of sp³-hybridized carbons (Fsp3) is 0.333. The SMILES string of the molecule is COCCN(Cc1cc(F)cc(Cl)c1COc1cccc2c(-c3ncnn3C)cc(C)nc12)C(=O)COC(F)F. The van der Waals surface area contributed by atoms with Gasteiger partial charge in [-0.15, -0.1) is 0 Å². The van der Waals surface area contributed by atoms with Crippen LogP contribution in [0.5, 0.6) is 5.75 Å². The van der Waals surface area contributed by atoms with Gasteiger partial charge in [0.05, 0.1) is 11.6 Å². The minimum Gasteiger partial charge on any atom is -0.487 e. The average molecular weight is 578 g/mol. The molecule has 0 aliphatic rings. The van der Waals surface area contributed by atoms with Crippen LogP contribution in [0.25, 0.3) is 22.3 Å². The topological polar surface area (TPSA) is 91.6 Å². The van der Waals surface area contributed by atoms with E-state index >= 15 is 0 Å². The summed E-state index contributed by atoms with van der Waals surface area (Å²) >= 11 is 6.42. The van der Waals surface area contributed by atoms with Gasteiger partial charge in [0.15, 0.2) is 5.82 Å². The second kappa shape index (κ2) is 13.1. The number of amides is 1. The second-order valence-corrected chi connectivity index (χ2v) is 9.27. The van der Waals surface area contributed by atoms with Crippen LogP contribution in [0.3, 0.4) is 0 Å². The predicted octanol–water partition coefficient (Wildman–Crippen LogP) is 4.92. The Morgan fingerprint density at radius 1 is 1.23 bits per heavy atom. The van der Waals surface area contributed by atoms with E-state index in [1.165, 1.54) is 24.4 Å². The number of hydrogen-bond donors (Lipinski definition) is 0. The van der Waals surface area contributed by atoms with Gasteiger partial charge in [0, 0.05) is 49.5 Å². The first-order valence-electron chi connectivity index (χ1n) is 12.2. The fourth-order valence-electron chi connectivity index (χ4n) is 4.23. The molecule has 1 amide bonds. The zero-order valence-electron chi connectivity index (χ0n) is 22.0. The monoisotopic (exact) mass is 577 g/mol. The maximum absolute atomic E-state index is 14.4. The number of para-hydroxylation sites is 1. The van der Waals surface area contributed by atoms with Gasteiger partial charge in [0.25, 0.3) is 0 Å². The Hall–Kier alpha value is -3.74. The highest BCUT2D eigenvalue weighted by molar-refractivity contribution is 6.31. The highest BCUT2D eigenvalue weighted by atomic mass is 35.5. The van der Waals surface area contributed by atoms with Crippen molar-refractivity contribution in [3.8, 4) is 17.1 Å². The summed E-state index contributed by atoms with van der Waals surface area (Å²) in [5, 5.41) is 5.03. The van der Waals surface area contributed by atoms with E-state index < -0.39 is 24.9 Å². The van der Waals surface area contributed by atoms with E-state index in [0.717, 1.165) is 22.7 Å². The van der Waals surface area contributed by atoms with Crippen molar-refractivity contribution in [2.45, 2.75) is 26.7 Å². The predicted molar refractivity (Wildman–Crippen MR) is 141 cm³/mol. The third-order valence-corrected chi connectivity index (χ3v) is 6.46. The van der Waals surface area contributed by atoms with Gasteiger partial charge in [-0.25, -0.2) is 19.0 Å². The molecule has 2 aromatic heterocycles. The Morgan fingerprint density at radius 3 is 2.73 bits per heavy atom. The largest absolute Gasteiger partial charge is 0.487 e. The number of nitrogens with zero attached hydrogens (tertiary/aromatic N) is 5. The number of methoxy groups -OCH3 is 1. The maximum Gasteiger partial charge on any atom is 0.345 e. The molecule has 0 N–H and O–H groups in total. The molecule has 9 nitrogen and oxygen atoms in total. The van der Waals surface area contributed by atoms with Gasteiger partial charge in [-0.2, -0.15) is 13.9 Å². The summed E-state index contributed by atoms with van der Waals surface area (Å²) in [6, 6.07) is 9.74. The number of carbonyl (C=O) groups is 1. The van der Waals surface area contributed by atoms with E-state index in [2.05, 4.69) is 19.8 Å². The fourth-order valence-corrected chi connectivity index (χ4v) is 4.51. The lowest BCUT2D eigenvalue weighted by atomic mass is 10.1. The number of aromatic nitrogens is 4. The summed E-state index contributed by atoms with van der Waals surface area (Å²) in [7, 11) is 3.23. The summed E-state index contributed by atoms with van der Waals surface area (Å²) in [5.74, 6) is -0.223. The van der Waals surface area contributed by atoms with E-state index in [-0.39, 0.29) is 31.3 Å². The molecule has 40 heavy (non-hydrogen) atoms. The van der Waals surface area contributed by atoms with Crippen LogP contribution < -0.4 is 4.74 Å². The van der Waals surface area contributed by atoms with Gasteiger partial charge in [-0.05, 0) is 36.8 Å². The first kappa shape index (κ1) is 29.2. The van der Waals surface area contributed by atoms with E-state index in [4.69, 9.17) is 21.1 Å². The highest BCUT2D eigenvalue weighted by Gasteiger charge is 2.21. The van der Waals surface area contributed by atoms with Crippen LogP contribution in [-0.4, -0.2) is 64.0 Å². The molecule has 4 aromatic rings. The van der Waals surface area contributed by atoms with Gasteiger partial charge >= 0.3 is 6.61 Å². The molecule has 2 heterocycles. The molecule has 0 saturated heterocycles. The minimum absolute atomic E-state index is 0.0632. The van der Waals surface area contributed by atoms with Crippen LogP contribution in [0, 0.1) is 12.7 Å². The van der Waals surface area contributed by atoms with Crippen LogP contribution >= 0.6 is 11.6 Å². The summed E-state index contributed by atoms with van der Waals surface area (Å²) in [6.45, 7) is -2.11. The van der Waals surface area contributed by atoms with E-state index in [1.54, 1.807) is 17.8 Å². The molecule has 0 aliphatic heterocycles. The lowest BCUT2D eigenvalue weighted by molar-refractivity contribution is -0.160. The Kier molecular flexibility index (Phi) is 9.56. The molecule has 0 radical (unpaired) electrons. The number of rotatable bonds is 12. The number of benzene rings is 2. The lowest BCUT2D eigenvalue weighted by Crippen LogP contribution is -2.36. The zero-order valence-corrected chi connectivity index (χ0v) is 22.8. The summed E-state index contributed by atoms with van der Waals surface area (Å²) in [6.07, 6.45) is 1.47. The molecule has 0 spiro atoms. The number of halogens is 4. The van der Waals surface area contributed by atoms with Crippen LogP contribution in [0.4, 0.5) is 13.2 Å². The molecule has 0 fully saturated rings. The minimum atomic E-state index is -3.10. The van der Waals surface area contributed by atoms with E-state index in [0.29, 0.717) is 28.2 Å². The van der Waals surface area contributed by atoms with E-state index in [9.17, 15) is 18.0 Å². The number of hydrogen-bond acceptors (Lipinski definition) is 7. The standard InChI is InChI=1S/C27H27ClF3N5O4/c1-16-9-20(26-32-15-33-35(26)2)19-5-4-6-23(25(19)34-16)39-13-21-17(10-18(29)11-22(21)28)12-36(7-8-38-3)24(37)14-40-27(30)31/h4-6,9-11,15,27H,7-8,12-14H2,1-3H3. The van der Waals surface area contributed by atoms with Crippen molar-refractivity contribution in [3.63, 3.8) is 0 Å². The third-order valence-electron chi connectivity index (χ3n) is 6.12. The molecule has 212 valence electrons. The van der Waals surface area contributed by atoms with Crippen molar-refractivity contribution in [1.29, 1.82) is 0 Å². The van der Waals surface area contributed by atoms with Gasteiger partial charge in [-0.1, -0.05) is 23.7 Å². The van der Waals surface area contributed by atoms with E-state index in [1.807, 2.05) is 25.1 Å². The van der Waals surface area contributed by atoms with Crippen molar-refractivity contribution in [1.82, 2.24) is 24.6 Å². The molecular weight excluding hydrogens is 551 g/mol. The Balaban J connectivity index is 1.65. The molecule has 0 aliphatic carbocycles. The van der Waals surface area contributed by atoms with Gasteiger partial charge in [0.1, 0.15) is 36.6 Å². The number of alkyl halides is 2. The maximum atomic E-state index is 14.4. The van der Waals surface area contributed by atoms with Crippen LogP contribution in [0.1, 0.15) is 16.8 Å². The van der Waals surface area contributed by atoms with Crippen LogP contribution in [0.15, 0.2) is 42.7 Å². The number of aryl methyl sites for hydroxylation is 2. The first-order chi connectivity index (χ1) is 19.2. The summed E-state index contributed by atoms with van der Waals surface area (Å²) < 4.78 is 56.5. The van der Waals surface area contributed by atoms with Crippen molar-refractivity contribution in [2.75, 3.05) is 26.9 Å². The molecule has 13 heteroatoms. The molecular formula is C27H27ClF3N5O4. The first-order valence-corrected chi connectivity index (χ1v) is 12.6. The smallest absolute Gasteiger partial charge is 0.345 e. The molecule has 0 saturated carbocycles. The number of carbonyl (C=O) groups excluding carboxylic acids is 1. The van der Waals surface area contributed by atoms with Crippen molar-refractivity contribution >= 4 is 28.4 Å². The van der Waals surface area contributed by atoms with Gasteiger partial charge < -0.3 is 19.1 Å². The van der Waals surface area contributed by atoms with Crippen molar-refractivity contribution < 1.29 is 32.2 Å². The molecule has 0 bridgehead atoms. The van der Waals surface area contributed by atoms with Gasteiger partial charge in [-0.3, -0.25) is 4.79 Å². The zero-order chi connectivity index (χ0) is 28.8. The quantitative estimate of drug-likeness (QED) is 0.236. The second-order valence-electron chi connectivity index (χ2n) is 8.86. The Morgan fingerprint density at radius 2 is 2.02 bits per heavy atom. The number of fused-ring (bicyclic) bond motifs is 1. The van der Waals surface area contributed by atoms with Gasteiger partial charge in [0.2, 0.25) is 5.91 Å². The Labute approximate surface area is 233 Å². The lowest BCUT2D eigenvalue weighted by Gasteiger charge is -2.24. The Bertz CT molecular complexity index is 1500. The highest BCUT2D eigenvalue weighted by Crippen LogP contribution is 2.33. The summed E-state index contributed by atoms with van der Waals surface area (Å²) in [5.41, 5.74) is 2.91. The number of pyridine rings is 1.